The van der Waals surface area contributed by atoms with Crippen molar-refractivity contribution >= 4 is 29.2 Å². The molecule has 0 rings (SSSR count). The molecule has 0 bridgehead atoms. The van der Waals surface area contributed by atoms with Crippen LogP contribution < -0.4 is 34.9 Å². The minimum Gasteiger partial charge on any atom is -0.412 e. The van der Waals surface area contributed by atoms with Gasteiger partial charge in [0, 0.05) is 6.54 Å². The molecule has 0 atom stereocenters. The van der Waals surface area contributed by atoms with E-state index in [1.54, 1.807) is 0 Å². The molecule has 9 heavy (non-hydrogen) atoms. The van der Waals surface area contributed by atoms with Gasteiger partial charge in [-0.25, -0.2) is 0 Å². The summed E-state index contributed by atoms with van der Waals surface area (Å²) in [7, 11) is 0. The van der Waals surface area contributed by atoms with Gasteiger partial charge in [-0.15, -0.1) is 0 Å². The summed E-state index contributed by atoms with van der Waals surface area (Å²) in [6.45, 7) is 0.568. The van der Waals surface area contributed by atoms with Crippen molar-refractivity contribution in [2.75, 3.05) is 6.54 Å². The summed E-state index contributed by atoms with van der Waals surface area (Å²) >= 11 is 9.01. The minimum atomic E-state index is 0. The summed E-state index contributed by atoms with van der Waals surface area (Å²) in [4.78, 5) is 0. The quantitative estimate of drug-likeness (QED) is 0.211. The third kappa shape index (κ3) is 11.9. The number of nitrogens with one attached hydrogen (secondary N) is 1. The number of hydrogen-bond acceptors (Lipinski definition) is 3. The van der Waals surface area contributed by atoms with Gasteiger partial charge in [0.1, 0.15) is 0 Å². The van der Waals surface area contributed by atoms with E-state index in [-0.39, 0.29) is 29.6 Å². The summed E-state index contributed by atoms with van der Waals surface area (Å²) in [6, 6.07) is 1.95. The summed E-state index contributed by atoms with van der Waals surface area (Å²) in [5.74, 6) is 0. The normalized spacial score (nSPS) is 6.56. The minimum absolute atomic E-state index is 0. The molecule has 1 N–H and O–H groups in total. The van der Waals surface area contributed by atoms with Crippen molar-refractivity contribution in [1.82, 2.24) is 5.32 Å². The Morgan fingerprint density at radius 2 is 2.33 bits per heavy atom. The van der Waals surface area contributed by atoms with E-state index in [0.717, 1.165) is 0 Å². The monoisotopic (exact) mass is 168 g/mol. The van der Waals surface area contributed by atoms with Gasteiger partial charge in [0.25, 0.3) is 0 Å². The zero-order valence-corrected chi connectivity index (χ0v) is 8.81. The van der Waals surface area contributed by atoms with Gasteiger partial charge in [0.15, 0.2) is 0 Å². The van der Waals surface area contributed by atoms with Crippen LogP contribution in [-0.2, 0) is 12.6 Å². The fourth-order valence-electron chi connectivity index (χ4n) is 0.220. The van der Waals surface area contributed by atoms with Gasteiger partial charge in [-0.1, -0.05) is 4.32 Å². The molecule has 0 aliphatic carbocycles. The summed E-state index contributed by atoms with van der Waals surface area (Å²) in [5.41, 5.74) is 0. The second kappa shape index (κ2) is 8.60. The number of hydrogen-bond donors (Lipinski definition) is 1. The first-order valence-corrected chi connectivity index (χ1v) is 2.91. The third-order valence-electron chi connectivity index (χ3n) is 0.506. The second-order valence-electron chi connectivity index (χ2n) is 1.12. The molecule has 0 fully saturated rings. The first kappa shape index (κ1) is 12.3. The van der Waals surface area contributed by atoms with E-state index in [1.165, 1.54) is 0 Å². The van der Waals surface area contributed by atoms with Gasteiger partial charge in [-0.3, -0.25) is 0 Å². The molecule has 0 unspecified atom stereocenters. The smallest absolute Gasteiger partial charge is 0.412 e. The van der Waals surface area contributed by atoms with Crippen LogP contribution in [0.25, 0.3) is 0 Å². The predicted molar refractivity (Wildman–Crippen MR) is 38.2 cm³/mol. The van der Waals surface area contributed by atoms with Gasteiger partial charge >= 0.3 is 29.6 Å². The van der Waals surface area contributed by atoms with Gasteiger partial charge in [0.2, 0.25) is 0 Å². The number of rotatable bonds is 2. The van der Waals surface area contributed by atoms with Gasteiger partial charge in [-0.05, 0) is 0 Å². The Bertz CT molecular complexity index is 120. The van der Waals surface area contributed by atoms with E-state index in [0.29, 0.717) is 17.3 Å². The number of nitrogens with zero attached hydrogens (tertiary/aromatic N) is 1. The summed E-state index contributed by atoms with van der Waals surface area (Å²) in [6.07, 6.45) is 0.455. The molecule has 0 saturated heterocycles. The van der Waals surface area contributed by atoms with Crippen molar-refractivity contribution in [3.05, 3.63) is 0 Å². The van der Waals surface area contributed by atoms with Gasteiger partial charge < -0.3 is 30.2 Å². The SMILES string of the molecule is N#CCCNC(=S)[S-].[Na+]. The Labute approximate surface area is 87.7 Å². The predicted octanol–water partition coefficient (Wildman–Crippen LogP) is -2.67. The van der Waals surface area contributed by atoms with Crippen LogP contribution in [0, 0.1) is 11.3 Å². The van der Waals surface area contributed by atoms with Crippen LogP contribution in [0.1, 0.15) is 6.42 Å². The Balaban J connectivity index is 0. The standard InChI is InChI=1S/C4H6N2S2.Na/c5-2-1-3-6-4(7)8;/h1,3H2,(H2,6,7,8);/q;+1/p-1. The zero-order valence-electron chi connectivity index (χ0n) is 5.18. The topological polar surface area (TPSA) is 35.8 Å². The molecule has 0 spiro atoms. The molecule has 0 aliphatic heterocycles. The van der Waals surface area contributed by atoms with Crippen molar-refractivity contribution in [3.63, 3.8) is 0 Å². The molecular weight excluding hydrogens is 163 g/mol. The van der Waals surface area contributed by atoms with E-state index >= 15 is 0 Å². The number of nitriles is 1. The first-order chi connectivity index (χ1) is 3.77. The molecular formula is C4H5N2NaS2. The van der Waals surface area contributed by atoms with Crippen molar-refractivity contribution < 1.29 is 29.6 Å². The maximum absolute atomic E-state index is 8.01. The Hall–Kier alpha value is 0.600. The van der Waals surface area contributed by atoms with E-state index in [4.69, 9.17) is 5.26 Å². The largest absolute Gasteiger partial charge is 1.00 e. The average molecular weight is 168 g/mol. The van der Waals surface area contributed by atoms with Crippen LogP contribution in [0.2, 0.25) is 0 Å². The molecule has 0 saturated carbocycles. The number of thiocarbonyl (C=S) groups is 1. The van der Waals surface area contributed by atoms with Crippen LogP contribution in [0.3, 0.4) is 0 Å². The molecule has 0 aliphatic rings. The van der Waals surface area contributed by atoms with E-state index in [9.17, 15) is 0 Å². The molecule has 2 nitrogen and oxygen atoms in total. The third-order valence-corrected chi connectivity index (χ3v) is 0.795. The second-order valence-corrected chi connectivity index (χ2v) is 2.20. The van der Waals surface area contributed by atoms with Crippen molar-refractivity contribution in [2.24, 2.45) is 0 Å². The van der Waals surface area contributed by atoms with E-state index in [1.807, 2.05) is 6.07 Å². The first-order valence-electron chi connectivity index (χ1n) is 2.09. The fraction of sp³-hybridized carbons (Fsp3) is 0.500. The summed E-state index contributed by atoms with van der Waals surface area (Å²) < 4.78 is 0.334. The van der Waals surface area contributed by atoms with Crippen molar-refractivity contribution in [1.29, 1.82) is 5.26 Å². The molecule has 0 aromatic rings. The maximum atomic E-state index is 8.01. The van der Waals surface area contributed by atoms with Gasteiger partial charge in [-0.2, -0.15) is 5.26 Å². The van der Waals surface area contributed by atoms with Crippen LogP contribution in [0.5, 0.6) is 0 Å². The van der Waals surface area contributed by atoms with Crippen molar-refractivity contribution in [2.45, 2.75) is 6.42 Å². The molecule has 0 amide bonds. The average Bonchev–Trinajstić information content (AvgIpc) is 1.66. The van der Waals surface area contributed by atoms with Gasteiger partial charge in [0.05, 0.1) is 12.5 Å². The van der Waals surface area contributed by atoms with E-state index in [2.05, 4.69) is 30.2 Å². The Kier molecular flexibility index (Phi) is 11.7. The molecule has 5 heteroatoms. The molecule has 0 heterocycles. The Morgan fingerprint density at radius 1 is 1.78 bits per heavy atom. The molecule has 44 valence electrons. The van der Waals surface area contributed by atoms with Crippen LogP contribution in [0.15, 0.2) is 0 Å². The Morgan fingerprint density at radius 3 is 2.67 bits per heavy atom. The maximum Gasteiger partial charge on any atom is 1.00 e. The summed E-state index contributed by atoms with van der Waals surface area (Å²) in [5, 5.41) is 10.7. The van der Waals surface area contributed by atoms with E-state index < -0.39 is 0 Å². The molecule has 0 aromatic carbocycles. The zero-order chi connectivity index (χ0) is 6.41. The van der Waals surface area contributed by atoms with Crippen molar-refractivity contribution in [3.8, 4) is 6.07 Å². The van der Waals surface area contributed by atoms with Crippen LogP contribution in [-0.4, -0.2) is 10.9 Å². The molecule has 0 radical (unpaired) electrons. The molecule has 0 aromatic heterocycles. The van der Waals surface area contributed by atoms with Crippen LogP contribution in [0.4, 0.5) is 0 Å². The van der Waals surface area contributed by atoms with Crippen LogP contribution >= 0.6 is 12.2 Å². The fourth-order valence-corrected chi connectivity index (χ4v) is 0.425.